The molecule has 3 atom stereocenters. The van der Waals surface area contributed by atoms with Gasteiger partial charge in [0.05, 0.1) is 24.7 Å². The molecule has 0 bridgehead atoms. The molecular formula is C34H45N5O5. The number of amides is 3. The summed E-state index contributed by atoms with van der Waals surface area (Å²) in [6, 6.07) is 19.6. The minimum absolute atomic E-state index is 0.0121. The summed E-state index contributed by atoms with van der Waals surface area (Å²) in [5.41, 5.74) is 7.55. The van der Waals surface area contributed by atoms with E-state index in [0.29, 0.717) is 32.3 Å². The van der Waals surface area contributed by atoms with Crippen molar-refractivity contribution in [2.75, 3.05) is 6.61 Å². The van der Waals surface area contributed by atoms with Crippen molar-refractivity contribution < 1.29 is 24.0 Å². The second kappa shape index (κ2) is 17.3. The Morgan fingerprint density at radius 3 is 2.36 bits per heavy atom. The number of benzene rings is 2. The number of hydrogen-bond acceptors (Lipinski definition) is 6. The van der Waals surface area contributed by atoms with Crippen molar-refractivity contribution in [3.63, 3.8) is 0 Å². The summed E-state index contributed by atoms with van der Waals surface area (Å²) in [5, 5.41) is 1.34. The van der Waals surface area contributed by atoms with E-state index in [4.69, 9.17) is 9.57 Å². The fourth-order valence-electron chi connectivity index (χ4n) is 5.45. The van der Waals surface area contributed by atoms with Crippen LogP contribution in [0.15, 0.2) is 79.4 Å². The minimum atomic E-state index is -0.694. The summed E-state index contributed by atoms with van der Waals surface area (Å²) in [4.78, 5) is 51.0. The van der Waals surface area contributed by atoms with Crippen molar-refractivity contribution in [3.8, 4) is 0 Å². The molecule has 44 heavy (non-hydrogen) atoms. The Hall–Kier alpha value is -4.02. The third-order valence-corrected chi connectivity index (χ3v) is 7.74. The first-order chi connectivity index (χ1) is 21.4. The molecule has 0 spiro atoms. The van der Waals surface area contributed by atoms with Crippen LogP contribution in [0.5, 0.6) is 0 Å². The summed E-state index contributed by atoms with van der Waals surface area (Å²) >= 11 is 0. The highest BCUT2D eigenvalue weighted by molar-refractivity contribution is 5.88. The summed E-state index contributed by atoms with van der Waals surface area (Å²) in [6.07, 6.45) is 9.40. The van der Waals surface area contributed by atoms with Crippen LogP contribution in [0.3, 0.4) is 0 Å². The van der Waals surface area contributed by atoms with Crippen LogP contribution >= 0.6 is 0 Å². The number of hydrazine groups is 1. The number of aryl methyl sites for hydroxylation is 1. The molecule has 1 aromatic heterocycles. The van der Waals surface area contributed by atoms with Gasteiger partial charge in [0.25, 0.3) is 5.91 Å². The maximum Gasteiger partial charge on any atom is 0.261 e. The highest BCUT2D eigenvalue weighted by Gasteiger charge is 2.36. The number of rotatable bonds is 15. The molecule has 2 aromatic carbocycles. The van der Waals surface area contributed by atoms with Crippen LogP contribution in [0.25, 0.3) is 0 Å². The molecule has 1 aliphatic rings. The van der Waals surface area contributed by atoms with Crippen LogP contribution in [0.4, 0.5) is 0 Å². The van der Waals surface area contributed by atoms with Crippen LogP contribution < -0.4 is 10.9 Å². The number of hydroxylamine groups is 1. The van der Waals surface area contributed by atoms with Crippen molar-refractivity contribution in [1.82, 2.24) is 25.5 Å². The maximum atomic E-state index is 14.1. The van der Waals surface area contributed by atoms with E-state index in [9.17, 15) is 14.4 Å². The number of ether oxygens (including phenoxy) is 1. The molecule has 0 aliphatic carbocycles. The van der Waals surface area contributed by atoms with Gasteiger partial charge in [0, 0.05) is 25.4 Å². The Bertz CT molecular complexity index is 1280. The lowest BCUT2D eigenvalue weighted by Crippen LogP contribution is -2.51. The van der Waals surface area contributed by atoms with Crippen LogP contribution in [0.2, 0.25) is 0 Å². The summed E-state index contributed by atoms with van der Waals surface area (Å²) in [5.74, 6) is -2.27. The standard InChI is InChI=1S/C34H45N5O5/c1-26(2)22-30(33(41)36-39(23-28-14-7-4-8-15-28)31(40)24-38-20-19-35-25-38)29(17-11-16-27-12-5-3-6-13-27)34(42)37-44-32-18-9-10-21-43-32/h3-8,12-15,19-20,25-26,29-30,32H,9-11,16-18,21-24H2,1-2H3,(H,36,41)(H,37,42)/t29-,30+,32?/m0/s1. The quantitative estimate of drug-likeness (QED) is 0.241. The summed E-state index contributed by atoms with van der Waals surface area (Å²) in [6.45, 7) is 4.83. The smallest absolute Gasteiger partial charge is 0.261 e. The zero-order valence-corrected chi connectivity index (χ0v) is 25.8. The van der Waals surface area contributed by atoms with E-state index in [-0.39, 0.29) is 36.7 Å². The second-order valence-electron chi connectivity index (χ2n) is 11.8. The molecule has 2 heterocycles. The molecule has 0 saturated carbocycles. The Balaban J connectivity index is 1.53. The van der Waals surface area contributed by atoms with Crippen LogP contribution in [-0.4, -0.2) is 45.2 Å². The zero-order valence-electron chi connectivity index (χ0n) is 25.8. The third-order valence-electron chi connectivity index (χ3n) is 7.74. The van der Waals surface area contributed by atoms with Crippen LogP contribution in [0.1, 0.15) is 63.5 Å². The van der Waals surface area contributed by atoms with Crippen molar-refractivity contribution >= 4 is 17.7 Å². The van der Waals surface area contributed by atoms with Gasteiger partial charge in [-0.2, -0.15) is 0 Å². The lowest BCUT2D eigenvalue weighted by molar-refractivity contribution is -0.203. The second-order valence-corrected chi connectivity index (χ2v) is 11.8. The van der Waals surface area contributed by atoms with Crippen molar-refractivity contribution in [2.45, 2.75) is 78.2 Å². The molecule has 1 aliphatic heterocycles. The van der Waals surface area contributed by atoms with Gasteiger partial charge in [0.2, 0.25) is 11.8 Å². The number of nitrogens with one attached hydrogen (secondary N) is 2. The average Bonchev–Trinajstić information content (AvgIpc) is 3.55. The first-order valence-corrected chi connectivity index (χ1v) is 15.6. The zero-order chi connectivity index (χ0) is 31.1. The monoisotopic (exact) mass is 603 g/mol. The highest BCUT2D eigenvalue weighted by Crippen LogP contribution is 2.27. The van der Waals surface area contributed by atoms with Crippen molar-refractivity contribution in [2.24, 2.45) is 17.8 Å². The number of aromatic nitrogens is 2. The molecule has 4 rings (SSSR count). The lowest BCUT2D eigenvalue weighted by atomic mass is 9.81. The fourth-order valence-corrected chi connectivity index (χ4v) is 5.45. The molecule has 1 fully saturated rings. The van der Waals surface area contributed by atoms with E-state index >= 15 is 0 Å². The molecule has 10 heteroatoms. The van der Waals surface area contributed by atoms with Gasteiger partial charge in [-0.1, -0.05) is 74.5 Å². The minimum Gasteiger partial charge on any atom is -0.350 e. The third kappa shape index (κ3) is 10.6. The molecule has 2 N–H and O–H groups in total. The number of nitrogens with zero attached hydrogens (tertiary/aromatic N) is 3. The SMILES string of the molecule is CC(C)C[C@@H](C(=O)NN(Cc1ccccc1)C(=O)Cn1ccnc1)[C@H](CCCc1ccccc1)C(=O)NOC1CCCCO1. The highest BCUT2D eigenvalue weighted by atomic mass is 16.8. The molecule has 1 saturated heterocycles. The van der Waals surface area contributed by atoms with Gasteiger partial charge in [-0.15, -0.1) is 0 Å². The predicted octanol–water partition coefficient (Wildman–Crippen LogP) is 4.82. The maximum absolute atomic E-state index is 14.1. The van der Waals surface area contributed by atoms with Crippen molar-refractivity contribution in [1.29, 1.82) is 0 Å². The van der Waals surface area contributed by atoms with E-state index in [2.05, 4.69) is 28.0 Å². The van der Waals surface area contributed by atoms with Gasteiger partial charge < -0.3 is 9.30 Å². The lowest BCUT2D eigenvalue weighted by Gasteiger charge is -2.31. The van der Waals surface area contributed by atoms with E-state index in [1.54, 1.807) is 23.3 Å². The van der Waals surface area contributed by atoms with E-state index < -0.39 is 18.1 Å². The average molecular weight is 604 g/mol. The first-order valence-electron chi connectivity index (χ1n) is 15.6. The molecular weight excluding hydrogens is 558 g/mol. The number of imidazole rings is 1. The van der Waals surface area contributed by atoms with Crippen molar-refractivity contribution in [3.05, 3.63) is 90.5 Å². The first kappa shape index (κ1) is 32.9. The molecule has 3 aromatic rings. The number of carbonyl (C=O) groups is 3. The van der Waals surface area contributed by atoms with Gasteiger partial charge in [-0.05, 0) is 55.6 Å². The molecule has 0 radical (unpaired) electrons. The van der Waals surface area contributed by atoms with E-state index in [1.165, 1.54) is 10.6 Å². The van der Waals surface area contributed by atoms with Gasteiger partial charge in [-0.3, -0.25) is 19.8 Å². The van der Waals surface area contributed by atoms with E-state index in [1.807, 2.05) is 62.4 Å². The fraction of sp³-hybridized carbons (Fsp3) is 0.471. The molecule has 3 amide bonds. The predicted molar refractivity (Wildman–Crippen MR) is 166 cm³/mol. The summed E-state index contributed by atoms with van der Waals surface area (Å²) < 4.78 is 7.29. The molecule has 10 nitrogen and oxygen atoms in total. The van der Waals surface area contributed by atoms with Gasteiger partial charge in [-0.25, -0.2) is 20.3 Å². The van der Waals surface area contributed by atoms with Gasteiger partial charge in [0.1, 0.15) is 6.54 Å². The molecule has 236 valence electrons. The van der Waals surface area contributed by atoms with Gasteiger partial charge >= 0.3 is 0 Å². The van der Waals surface area contributed by atoms with E-state index in [0.717, 1.165) is 24.8 Å². The van der Waals surface area contributed by atoms with Crippen LogP contribution in [0, 0.1) is 17.8 Å². The Kier molecular flexibility index (Phi) is 12.9. The molecule has 1 unspecified atom stereocenters. The Labute approximate surface area is 260 Å². The van der Waals surface area contributed by atoms with Gasteiger partial charge in [0.15, 0.2) is 6.29 Å². The normalized spacial score (nSPS) is 16.2. The topological polar surface area (TPSA) is 115 Å². The number of carbonyl (C=O) groups excluding carboxylic acids is 3. The Morgan fingerprint density at radius 1 is 1.00 bits per heavy atom. The number of hydrogen-bond donors (Lipinski definition) is 2. The largest absolute Gasteiger partial charge is 0.350 e. The summed E-state index contributed by atoms with van der Waals surface area (Å²) in [7, 11) is 0. The Morgan fingerprint density at radius 2 is 1.73 bits per heavy atom. The van der Waals surface area contributed by atoms with Crippen LogP contribution in [-0.2, 0) is 43.5 Å².